The lowest BCUT2D eigenvalue weighted by molar-refractivity contribution is -0.123. The minimum atomic E-state index is -0.118. The van der Waals surface area contributed by atoms with E-state index < -0.39 is 0 Å². The van der Waals surface area contributed by atoms with Crippen LogP contribution in [0.25, 0.3) is 0 Å². The molecule has 1 unspecified atom stereocenters. The summed E-state index contributed by atoms with van der Waals surface area (Å²) < 4.78 is 5.61. The van der Waals surface area contributed by atoms with Crippen LogP contribution in [0.15, 0.2) is 0 Å². The quantitative estimate of drug-likeness (QED) is 0.704. The second kappa shape index (κ2) is 4.49. The predicted molar refractivity (Wildman–Crippen MR) is 57.6 cm³/mol. The van der Waals surface area contributed by atoms with Gasteiger partial charge in [0.1, 0.15) is 0 Å². The van der Waals surface area contributed by atoms with Gasteiger partial charge in [0.2, 0.25) is 5.91 Å². The number of nitrogens with one attached hydrogen (secondary N) is 2. The Morgan fingerprint density at radius 2 is 2.40 bits per heavy atom. The first-order valence-corrected chi connectivity index (χ1v) is 5.79. The second-order valence-corrected chi connectivity index (χ2v) is 4.91. The molecule has 0 spiro atoms. The molecule has 4 nitrogen and oxygen atoms in total. The van der Waals surface area contributed by atoms with Crippen molar-refractivity contribution in [3.05, 3.63) is 0 Å². The highest BCUT2D eigenvalue weighted by molar-refractivity contribution is 5.76. The van der Waals surface area contributed by atoms with Crippen LogP contribution in [0.3, 0.4) is 0 Å². The third-order valence-corrected chi connectivity index (χ3v) is 3.30. The van der Waals surface area contributed by atoms with Crippen molar-refractivity contribution in [3.8, 4) is 0 Å². The molecule has 1 amide bonds. The Labute approximate surface area is 90.8 Å². The Kier molecular flexibility index (Phi) is 3.26. The van der Waals surface area contributed by atoms with Gasteiger partial charge in [-0.2, -0.15) is 0 Å². The van der Waals surface area contributed by atoms with Crippen molar-refractivity contribution in [2.24, 2.45) is 5.92 Å². The van der Waals surface area contributed by atoms with E-state index in [1.807, 2.05) is 0 Å². The molecule has 2 aliphatic rings. The molecule has 0 aromatic rings. The van der Waals surface area contributed by atoms with Crippen molar-refractivity contribution in [1.29, 1.82) is 0 Å². The van der Waals surface area contributed by atoms with E-state index >= 15 is 0 Å². The smallest absolute Gasteiger partial charge is 0.220 e. The van der Waals surface area contributed by atoms with Crippen molar-refractivity contribution in [1.82, 2.24) is 10.6 Å². The molecular weight excluding hydrogens is 192 g/mol. The number of carbonyl (C=O) groups excluding carboxylic acids is 1. The van der Waals surface area contributed by atoms with Gasteiger partial charge in [0, 0.05) is 19.6 Å². The molecule has 2 heterocycles. The molecule has 2 aliphatic heterocycles. The van der Waals surface area contributed by atoms with Crippen molar-refractivity contribution in [2.75, 3.05) is 26.2 Å². The molecule has 2 fully saturated rings. The standard InChI is InChI=1S/C11H20N2O2/c1-11(3-2-4-15-11)8-13-10(14)5-9-6-12-7-9/h9,12H,2-8H2,1H3,(H,13,14). The van der Waals surface area contributed by atoms with Crippen LogP contribution in [0.5, 0.6) is 0 Å². The number of hydrogen-bond acceptors (Lipinski definition) is 3. The van der Waals surface area contributed by atoms with E-state index in [2.05, 4.69) is 17.6 Å². The van der Waals surface area contributed by atoms with Gasteiger partial charge in [-0.25, -0.2) is 0 Å². The van der Waals surface area contributed by atoms with E-state index in [4.69, 9.17) is 4.74 Å². The number of carbonyl (C=O) groups is 1. The Balaban J connectivity index is 1.65. The average Bonchev–Trinajstić information content (AvgIpc) is 2.57. The second-order valence-electron chi connectivity index (χ2n) is 4.91. The topological polar surface area (TPSA) is 50.4 Å². The summed E-state index contributed by atoms with van der Waals surface area (Å²) in [6, 6.07) is 0. The fraction of sp³-hybridized carbons (Fsp3) is 0.909. The monoisotopic (exact) mass is 212 g/mol. The maximum absolute atomic E-state index is 11.6. The SMILES string of the molecule is CC1(CNC(=O)CC2CNC2)CCCO1. The lowest BCUT2D eigenvalue weighted by Crippen LogP contribution is -2.46. The maximum atomic E-state index is 11.6. The minimum Gasteiger partial charge on any atom is -0.373 e. The number of ether oxygens (including phenoxy) is 1. The molecule has 0 aromatic carbocycles. The van der Waals surface area contributed by atoms with Gasteiger partial charge in [-0.3, -0.25) is 4.79 Å². The van der Waals surface area contributed by atoms with Gasteiger partial charge in [0.15, 0.2) is 0 Å². The van der Waals surface area contributed by atoms with E-state index in [1.165, 1.54) is 0 Å². The van der Waals surface area contributed by atoms with E-state index in [1.54, 1.807) is 0 Å². The average molecular weight is 212 g/mol. The van der Waals surface area contributed by atoms with Gasteiger partial charge in [-0.15, -0.1) is 0 Å². The van der Waals surface area contributed by atoms with E-state index in [0.717, 1.165) is 32.5 Å². The Hall–Kier alpha value is -0.610. The van der Waals surface area contributed by atoms with Crippen LogP contribution in [0.2, 0.25) is 0 Å². The summed E-state index contributed by atoms with van der Waals surface area (Å²) in [6.45, 7) is 5.54. The summed E-state index contributed by atoms with van der Waals surface area (Å²) in [7, 11) is 0. The zero-order valence-corrected chi connectivity index (χ0v) is 9.34. The fourth-order valence-corrected chi connectivity index (χ4v) is 2.09. The highest BCUT2D eigenvalue weighted by Gasteiger charge is 2.30. The van der Waals surface area contributed by atoms with Crippen LogP contribution in [-0.4, -0.2) is 37.7 Å². The molecule has 0 bridgehead atoms. The largest absolute Gasteiger partial charge is 0.373 e. The van der Waals surface area contributed by atoms with Crippen LogP contribution in [0.4, 0.5) is 0 Å². The lowest BCUT2D eigenvalue weighted by Gasteiger charge is -2.28. The molecular formula is C11H20N2O2. The minimum absolute atomic E-state index is 0.118. The highest BCUT2D eigenvalue weighted by atomic mass is 16.5. The normalized spacial score (nSPS) is 31.3. The summed E-state index contributed by atoms with van der Waals surface area (Å²) >= 11 is 0. The van der Waals surface area contributed by atoms with Gasteiger partial charge in [0.05, 0.1) is 5.60 Å². The van der Waals surface area contributed by atoms with Crippen molar-refractivity contribution in [3.63, 3.8) is 0 Å². The lowest BCUT2D eigenvalue weighted by atomic mass is 9.98. The van der Waals surface area contributed by atoms with Crippen LogP contribution < -0.4 is 10.6 Å². The first-order valence-electron chi connectivity index (χ1n) is 5.79. The van der Waals surface area contributed by atoms with Crippen molar-refractivity contribution < 1.29 is 9.53 Å². The Morgan fingerprint density at radius 1 is 1.60 bits per heavy atom. The van der Waals surface area contributed by atoms with Crippen LogP contribution in [-0.2, 0) is 9.53 Å². The molecule has 15 heavy (non-hydrogen) atoms. The molecule has 2 N–H and O–H groups in total. The van der Waals surface area contributed by atoms with Gasteiger partial charge in [-0.1, -0.05) is 0 Å². The van der Waals surface area contributed by atoms with Crippen LogP contribution in [0, 0.1) is 5.92 Å². The zero-order chi connectivity index (χ0) is 10.7. The summed E-state index contributed by atoms with van der Waals surface area (Å²) in [5, 5.41) is 6.14. The van der Waals surface area contributed by atoms with Gasteiger partial charge >= 0.3 is 0 Å². The molecule has 2 rings (SSSR count). The van der Waals surface area contributed by atoms with E-state index in [0.29, 0.717) is 18.9 Å². The first kappa shape index (κ1) is 10.9. The predicted octanol–water partition coefficient (Wildman–Crippen LogP) is 0.281. The molecule has 2 saturated heterocycles. The van der Waals surface area contributed by atoms with Gasteiger partial charge in [0.25, 0.3) is 0 Å². The third-order valence-electron chi connectivity index (χ3n) is 3.30. The van der Waals surface area contributed by atoms with Gasteiger partial charge in [-0.05, 0) is 38.8 Å². The van der Waals surface area contributed by atoms with Crippen LogP contribution in [0.1, 0.15) is 26.2 Å². The van der Waals surface area contributed by atoms with Crippen molar-refractivity contribution in [2.45, 2.75) is 31.8 Å². The Bertz CT molecular complexity index is 233. The maximum Gasteiger partial charge on any atom is 0.220 e. The molecule has 0 radical (unpaired) electrons. The van der Waals surface area contributed by atoms with Crippen molar-refractivity contribution >= 4 is 5.91 Å². The van der Waals surface area contributed by atoms with Crippen LogP contribution >= 0.6 is 0 Å². The summed E-state index contributed by atoms with van der Waals surface area (Å²) in [4.78, 5) is 11.6. The summed E-state index contributed by atoms with van der Waals surface area (Å²) in [5.74, 6) is 0.709. The summed E-state index contributed by atoms with van der Waals surface area (Å²) in [5.41, 5.74) is -0.118. The first-order chi connectivity index (χ1) is 7.18. The summed E-state index contributed by atoms with van der Waals surface area (Å²) in [6.07, 6.45) is 2.82. The number of hydrogen-bond donors (Lipinski definition) is 2. The number of amides is 1. The molecule has 0 saturated carbocycles. The Morgan fingerprint density at radius 3 is 2.93 bits per heavy atom. The molecule has 86 valence electrons. The van der Waals surface area contributed by atoms with E-state index in [9.17, 15) is 4.79 Å². The van der Waals surface area contributed by atoms with E-state index in [-0.39, 0.29) is 11.5 Å². The fourth-order valence-electron chi connectivity index (χ4n) is 2.09. The molecule has 0 aliphatic carbocycles. The zero-order valence-electron chi connectivity index (χ0n) is 9.34. The molecule has 0 aromatic heterocycles. The third kappa shape index (κ3) is 2.92. The molecule has 4 heteroatoms. The molecule has 1 atom stereocenters. The van der Waals surface area contributed by atoms with Gasteiger partial charge < -0.3 is 15.4 Å². The highest BCUT2D eigenvalue weighted by Crippen LogP contribution is 2.23. The number of rotatable bonds is 4.